The van der Waals surface area contributed by atoms with Crippen LogP contribution in [-0.4, -0.2) is 32.2 Å². The number of nitrogens with zero attached hydrogens (tertiary/aromatic N) is 1. The molecular weight excluding hydrogens is 344 g/mol. The van der Waals surface area contributed by atoms with Crippen molar-refractivity contribution in [2.24, 2.45) is 0 Å². The van der Waals surface area contributed by atoms with Gasteiger partial charge in [-0.15, -0.1) is 11.3 Å². The molecule has 1 N–H and O–H groups in total. The molecule has 0 aliphatic carbocycles. The SMILES string of the molecule is CCCC(NC(=O)CN(C)S(=O)(=O)c1cccs1)c1ccccc1. The zero-order valence-corrected chi connectivity index (χ0v) is 15.4. The van der Waals surface area contributed by atoms with Gasteiger partial charge < -0.3 is 5.32 Å². The van der Waals surface area contributed by atoms with E-state index in [4.69, 9.17) is 0 Å². The van der Waals surface area contributed by atoms with Crippen LogP contribution in [0, 0.1) is 0 Å². The zero-order chi connectivity index (χ0) is 17.6. The number of likely N-dealkylation sites (N-methyl/N-ethyl adjacent to an activating group) is 1. The van der Waals surface area contributed by atoms with E-state index < -0.39 is 10.0 Å². The molecule has 2 aromatic rings. The van der Waals surface area contributed by atoms with Gasteiger partial charge in [0, 0.05) is 7.05 Å². The third-order valence-electron chi connectivity index (χ3n) is 3.64. The molecule has 0 aliphatic rings. The number of hydrogen-bond donors (Lipinski definition) is 1. The first kappa shape index (κ1) is 18.6. The fourth-order valence-corrected chi connectivity index (χ4v) is 4.72. The van der Waals surface area contributed by atoms with Gasteiger partial charge in [-0.25, -0.2) is 8.42 Å². The molecule has 130 valence electrons. The number of sulfonamides is 1. The maximum atomic E-state index is 12.4. The summed E-state index contributed by atoms with van der Waals surface area (Å²) in [5, 5.41) is 4.64. The molecule has 0 saturated carbocycles. The number of thiophene rings is 1. The Bertz CT molecular complexity index is 743. The van der Waals surface area contributed by atoms with E-state index in [1.165, 1.54) is 13.1 Å². The van der Waals surface area contributed by atoms with Crippen LogP contribution in [0.3, 0.4) is 0 Å². The first-order chi connectivity index (χ1) is 11.4. The molecule has 1 unspecified atom stereocenters. The van der Waals surface area contributed by atoms with Crippen molar-refractivity contribution < 1.29 is 13.2 Å². The van der Waals surface area contributed by atoms with E-state index in [9.17, 15) is 13.2 Å². The van der Waals surface area contributed by atoms with Crippen molar-refractivity contribution in [3.05, 3.63) is 53.4 Å². The van der Waals surface area contributed by atoms with E-state index in [1.54, 1.807) is 11.4 Å². The molecule has 5 nitrogen and oxygen atoms in total. The molecule has 7 heteroatoms. The van der Waals surface area contributed by atoms with Crippen molar-refractivity contribution in [1.82, 2.24) is 9.62 Å². The highest BCUT2D eigenvalue weighted by atomic mass is 32.2. The van der Waals surface area contributed by atoms with Gasteiger partial charge in [0.05, 0.1) is 12.6 Å². The van der Waals surface area contributed by atoms with Crippen molar-refractivity contribution >= 4 is 27.3 Å². The van der Waals surface area contributed by atoms with Crippen LogP contribution in [-0.2, 0) is 14.8 Å². The number of nitrogens with one attached hydrogen (secondary N) is 1. The minimum Gasteiger partial charge on any atom is -0.348 e. The molecule has 1 aromatic heterocycles. The summed E-state index contributed by atoms with van der Waals surface area (Å²) in [6.45, 7) is 1.85. The predicted octanol–water partition coefficient (Wildman–Crippen LogP) is 3.03. The molecule has 0 spiro atoms. The minimum absolute atomic E-state index is 0.110. The van der Waals surface area contributed by atoms with Gasteiger partial charge in [-0.1, -0.05) is 49.7 Å². The van der Waals surface area contributed by atoms with Gasteiger partial charge in [-0.05, 0) is 23.4 Å². The van der Waals surface area contributed by atoms with Crippen molar-refractivity contribution in [2.75, 3.05) is 13.6 Å². The second-order valence-electron chi connectivity index (χ2n) is 5.51. The second kappa shape index (κ2) is 8.41. The molecule has 1 aromatic carbocycles. The van der Waals surface area contributed by atoms with Gasteiger partial charge in [0.2, 0.25) is 5.91 Å². The van der Waals surface area contributed by atoms with Crippen molar-refractivity contribution in [1.29, 1.82) is 0 Å². The van der Waals surface area contributed by atoms with Crippen LogP contribution < -0.4 is 5.32 Å². The number of benzene rings is 1. The van der Waals surface area contributed by atoms with Gasteiger partial charge >= 0.3 is 0 Å². The van der Waals surface area contributed by atoms with Crippen molar-refractivity contribution in [3.8, 4) is 0 Å². The Morgan fingerprint density at radius 3 is 2.50 bits per heavy atom. The summed E-state index contributed by atoms with van der Waals surface area (Å²) in [5.74, 6) is -0.306. The quantitative estimate of drug-likeness (QED) is 0.781. The number of carbonyl (C=O) groups is 1. The van der Waals surface area contributed by atoms with E-state index in [0.717, 1.165) is 34.0 Å². The minimum atomic E-state index is -3.61. The molecule has 1 heterocycles. The average molecular weight is 367 g/mol. The van der Waals surface area contributed by atoms with Crippen LogP contribution in [0.2, 0.25) is 0 Å². The maximum absolute atomic E-state index is 12.4. The van der Waals surface area contributed by atoms with E-state index in [1.807, 2.05) is 30.3 Å². The molecule has 0 saturated heterocycles. The van der Waals surface area contributed by atoms with Crippen LogP contribution in [0.25, 0.3) is 0 Å². The summed E-state index contributed by atoms with van der Waals surface area (Å²) >= 11 is 1.14. The van der Waals surface area contributed by atoms with Gasteiger partial charge in [0.25, 0.3) is 10.0 Å². The second-order valence-corrected chi connectivity index (χ2v) is 8.73. The van der Waals surface area contributed by atoms with E-state index >= 15 is 0 Å². The van der Waals surface area contributed by atoms with Crippen molar-refractivity contribution in [3.63, 3.8) is 0 Å². The molecule has 2 rings (SSSR count). The molecule has 1 atom stereocenters. The number of hydrogen-bond acceptors (Lipinski definition) is 4. The van der Waals surface area contributed by atoms with Crippen molar-refractivity contribution in [2.45, 2.75) is 30.0 Å². The van der Waals surface area contributed by atoms with Crippen LogP contribution in [0.15, 0.2) is 52.1 Å². The lowest BCUT2D eigenvalue weighted by Crippen LogP contribution is -2.39. The Kier molecular flexibility index (Phi) is 6.53. The molecule has 1 amide bonds. The fraction of sp³-hybridized carbons (Fsp3) is 0.353. The Hall–Kier alpha value is -1.70. The lowest BCUT2D eigenvalue weighted by Gasteiger charge is -2.21. The first-order valence-corrected chi connectivity index (χ1v) is 10.1. The first-order valence-electron chi connectivity index (χ1n) is 7.79. The highest BCUT2D eigenvalue weighted by Crippen LogP contribution is 2.20. The summed E-state index contributed by atoms with van der Waals surface area (Å²) in [5.41, 5.74) is 1.02. The van der Waals surface area contributed by atoms with Gasteiger partial charge in [0.1, 0.15) is 4.21 Å². The average Bonchev–Trinajstić information content (AvgIpc) is 3.10. The number of carbonyl (C=O) groups excluding carboxylic acids is 1. The molecular formula is C17H22N2O3S2. The monoisotopic (exact) mass is 366 g/mol. The topological polar surface area (TPSA) is 66.5 Å². The van der Waals surface area contributed by atoms with Gasteiger partial charge in [-0.2, -0.15) is 4.31 Å². The van der Waals surface area contributed by atoms with Gasteiger partial charge in [-0.3, -0.25) is 4.79 Å². The smallest absolute Gasteiger partial charge is 0.252 e. The van der Waals surface area contributed by atoms with Gasteiger partial charge in [0.15, 0.2) is 0 Å². The maximum Gasteiger partial charge on any atom is 0.252 e. The summed E-state index contributed by atoms with van der Waals surface area (Å²) in [6.07, 6.45) is 1.72. The molecule has 24 heavy (non-hydrogen) atoms. The number of amides is 1. The zero-order valence-electron chi connectivity index (χ0n) is 13.8. The van der Waals surface area contributed by atoms with Crippen LogP contribution in [0.5, 0.6) is 0 Å². The Labute approximate surface area is 147 Å². The van der Waals surface area contributed by atoms with E-state index in [-0.39, 0.29) is 22.7 Å². The lowest BCUT2D eigenvalue weighted by molar-refractivity contribution is -0.121. The van der Waals surface area contributed by atoms with E-state index in [0.29, 0.717) is 0 Å². The molecule has 0 aliphatic heterocycles. The Morgan fingerprint density at radius 2 is 1.92 bits per heavy atom. The lowest BCUT2D eigenvalue weighted by atomic mass is 10.0. The van der Waals surface area contributed by atoms with E-state index in [2.05, 4.69) is 12.2 Å². The summed E-state index contributed by atoms with van der Waals surface area (Å²) in [6, 6.07) is 12.8. The normalized spacial score (nSPS) is 13.0. The Balaban J connectivity index is 2.03. The summed E-state index contributed by atoms with van der Waals surface area (Å²) in [7, 11) is -2.19. The fourth-order valence-electron chi connectivity index (χ4n) is 2.39. The Morgan fingerprint density at radius 1 is 1.21 bits per heavy atom. The standard InChI is InChI=1S/C17H22N2O3S2/c1-3-8-15(14-9-5-4-6-10-14)18-16(20)13-19(2)24(21,22)17-11-7-12-23-17/h4-7,9-12,15H,3,8,13H2,1-2H3,(H,18,20). The molecule has 0 bridgehead atoms. The van der Waals surface area contributed by atoms with Crippen LogP contribution in [0.4, 0.5) is 0 Å². The summed E-state index contributed by atoms with van der Waals surface area (Å²) < 4.78 is 26.1. The predicted molar refractivity (Wildman–Crippen MR) is 96.4 cm³/mol. The third-order valence-corrected chi connectivity index (χ3v) is 6.82. The molecule has 0 radical (unpaired) electrons. The number of rotatable bonds is 8. The van der Waals surface area contributed by atoms with Crippen LogP contribution >= 0.6 is 11.3 Å². The van der Waals surface area contributed by atoms with Crippen LogP contribution in [0.1, 0.15) is 31.4 Å². The highest BCUT2D eigenvalue weighted by molar-refractivity contribution is 7.91. The highest BCUT2D eigenvalue weighted by Gasteiger charge is 2.24. The summed E-state index contributed by atoms with van der Waals surface area (Å²) in [4.78, 5) is 12.3. The third kappa shape index (κ3) is 4.66. The largest absolute Gasteiger partial charge is 0.348 e. The molecule has 0 fully saturated rings.